The smallest absolute Gasteiger partial charge is 0.333 e. The van der Waals surface area contributed by atoms with Gasteiger partial charge < -0.3 is 9.30 Å². The van der Waals surface area contributed by atoms with Gasteiger partial charge in [-0.25, -0.2) is 9.36 Å². The van der Waals surface area contributed by atoms with Gasteiger partial charge in [0.15, 0.2) is 11.2 Å². The molecule has 0 unspecified atom stereocenters. The summed E-state index contributed by atoms with van der Waals surface area (Å²) in [5.74, 6) is -0.0966. The largest absolute Gasteiger partial charge is 0.459 e. The summed E-state index contributed by atoms with van der Waals surface area (Å²) in [5, 5.41) is 0. The number of carbonyl (C=O) groups is 1. The predicted octanol–water partition coefficient (Wildman–Crippen LogP) is 1.05. The van der Waals surface area contributed by atoms with Crippen molar-refractivity contribution in [3.63, 3.8) is 0 Å². The molecule has 0 saturated carbocycles. The summed E-state index contributed by atoms with van der Waals surface area (Å²) in [7, 11) is 3.38. The van der Waals surface area contributed by atoms with Crippen LogP contribution in [0.4, 0.5) is 0 Å². The molecule has 3 heterocycles. The molecular weight excluding hydrogens is 374 g/mol. The summed E-state index contributed by atoms with van der Waals surface area (Å²) in [4.78, 5) is 42.6. The Hall–Kier alpha value is -3.62. The van der Waals surface area contributed by atoms with Gasteiger partial charge in [0.2, 0.25) is 5.78 Å². The normalized spacial score (nSPS) is 11.4. The molecule has 0 fully saturated rings. The van der Waals surface area contributed by atoms with Crippen LogP contribution >= 0.6 is 0 Å². The monoisotopic (exact) mass is 395 g/mol. The Kier molecular flexibility index (Phi) is 4.37. The molecule has 150 valence electrons. The van der Waals surface area contributed by atoms with Gasteiger partial charge in [-0.15, -0.1) is 0 Å². The summed E-state index contributed by atoms with van der Waals surface area (Å²) in [5.41, 5.74) is 1.99. The molecule has 1 aromatic carbocycles. The minimum atomic E-state index is -0.658. The summed E-state index contributed by atoms with van der Waals surface area (Å²) in [6.45, 7) is 3.42. The first-order valence-corrected chi connectivity index (χ1v) is 9.14. The number of hydrogen-bond donors (Lipinski definition) is 0. The molecule has 0 spiro atoms. The Balaban J connectivity index is 1.77. The predicted molar refractivity (Wildman–Crippen MR) is 107 cm³/mol. The zero-order chi connectivity index (χ0) is 20.9. The van der Waals surface area contributed by atoms with E-state index in [1.807, 2.05) is 55.8 Å². The summed E-state index contributed by atoms with van der Waals surface area (Å²) < 4.78 is 11.0. The second kappa shape index (κ2) is 6.77. The standard InChI is InChI=1S/C20H21N5O4/c1-12-13(2)25-16-17(21-19(25)22(12)3)23(4)20(28)24(18(16)27)10-15(26)29-11-14-8-6-5-7-9-14/h5-9H,10-11H2,1-4H3. The molecule has 3 aromatic heterocycles. The van der Waals surface area contributed by atoms with Crippen molar-refractivity contribution in [2.24, 2.45) is 14.1 Å². The zero-order valence-corrected chi connectivity index (χ0v) is 16.7. The van der Waals surface area contributed by atoms with Crippen molar-refractivity contribution >= 4 is 22.9 Å². The fraction of sp³-hybridized carbons (Fsp3) is 0.300. The maximum absolute atomic E-state index is 13.1. The van der Waals surface area contributed by atoms with Gasteiger partial charge in [-0.05, 0) is 19.4 Å². The van der Waals surface area contributed by atoms with E-state index in [1.165, 1.54) is 11.6 Å². The first kappa shape index (κ1) is 18.7. The zero-order valence-electron chi connectivity index (χ0n) is 16.7. The Morgan fingerprint density at radius 1 is 1.03 bits per heavy atom. The summed E-state index contributed by atoms with van der Waals surface area (Å²) in [6, 6.07) is 9.20. The van der Waals surface area contributed by atoms with E-state index in [9.17, 15) is 14.4 Å². The fourth-order valence-electron chi connectivity index (χ4n) is 3.46. The third-order valence-electron chi connectivity index (χ3n) is 5.32. The minimum absolute atomic E-state index is 0.0743. The van der Waals surface area contributed by atoms with Crippen molar-refractivity contribution in [1.29, 1.82) is 0 Å². The molecule has 0 N–H and O–H groups in total. The van der Waals surface area contributed by atoms with E-state index in [-0.39, 0.29) is 17.8 Å². The van der Waals surface area contributed by atoms with E-state index >= 15 is 0 Å². The number of aryl methyl sites for hydroxylation is 3. The Morgan fingerprint density at radius 2 is 1.72 bits per heavy atom. The van der Waals surface area contributed by atoms with Crippen molar-refractivity contribution in [3.05, 3.63) is 68.1 Å². The molecule has 0 amide bonds. The molecule has 9 heteroatoms. The van der Waals surface area contributed by atoms with Gasteiger partial charge in [0.25, 0.3) is 5.56 Å². The molecule has 0 aliphatic heterocycles. The van der Waals surface area contributed by atoms with Crippen LogP contribution in [0.1, 0.15) is 17.0 Å². The molecule has 29 heavy (non-hydrogen) atoms. The topological polar surface area (TPSA) is 92.5 Å². The first-order chi connectivity index (χ1) is 13.8. The molecule has 0 bridgehead atoms. The van der Waals surface area contributed by atoms with Gasteiger partial charge >= 0.3 is 11.7 Å². The van der Waals surface area contributed by atoms with Crippen LogP contribution in [0, 0.1) is 13.8 Å². The number of benzene rings is 1. The number of rotatable bonds is 4. The molecule has 0 atom stereocenters. The lowest BCUT2D eigenvalue weighted by molar-refractivity contribution is -0.145. The van der Waals surface area contributed by atoms with E-state index in [2.05, 4.69) is 4.98 Å². The van der Waals surface area contributed by atoms with Crippen LogP contribution in [0.15, 0.2) is 39.9 Å². The lowest BCUT2D eigenvalue weighted by atomic mass is 10.2. The van der Waals surface area contributed by atoms with Crippen molar-refractivity contribution in [3.8, 4) is 0 Å². The molecule has 0 aliphatic rings. The van der Waals surface area contributed by atoms with E-state index in [0.29, 0.717) is 5.78 Å². The first-order valence-electron chi connectivity index (χ1n) is 9.14. The number of esters is 1. The van der Waals surface area contributed by atoms with Gasteiger partial charge in [-0.3, -0.25) is 18.6 Å². The van der Waals surface area contributed by atoms with Crippen LogP contribution in [-0.4, -0.2) is 29.1 Å². The highest BCUT2D eigenvalue weighted by Gasteiger charge is 2.22. The van der Waals surface area contributed by atoms with Crippen LogP contribution < -0.4 is 11.2 Å². The average molecular weight is 395 g/mol. The van der Waals surface area contributed by atoms with Gasteiger partial charge in [-0.1, -0.05) is 30.3 Å². The lowest BCUT2D eigenvalue weighted by Gasteiger charge is -2.09. The van der Waals surface area contributed by atoms with Gasteiger partial charge in [-0.2, -0.15) is 4.98 Å². The Labute approximate surface area is 165 Å². The number of ether oxygens (including phenoxy) is 1. The van der Waals surface area contributed by atoms with E-state index in [0.717, 1.165) is 21.5 Å². The molecule has 9 nitrogen and oxygen atoms in total. The van der Waals surface area contributed by atoms with Crippen LogP contribution in [0.25, 0.3) is 16.9 Å². The maximum atomic E-state index is 13.1. The van der Waals surface area contributed by atoms with E-state index < -0.39 is 23.8 Å². The highest BCUT2D eigenvalue weighted by molar-refractivity contribution is 5.77. The summed E-state index contributed by atoms with van der Waals surface area (Å²) >= 11 is 0. The van der Waals surface area contributed by atoms with Crippen molar-refractivity contribution in [1.82, 2.24) is 23.1 Å². The van der Waals surface area contributed by atoms with Crippen molar-refractivity contribution < 1.29 is 9.53 Å². The molecule has 4 rings (SSSR count). The third-order valence-corrected chi connectivity index (χ3v) is 5.32. The minimum Gasteiger partial charge on any atom is -0.459 e. The second-order valence-corrected chi connectivity index (χ2v) is 7.03. The third kappa shape index (κ3) is 2.86. The second-order valence-electron chi connectivity index (χ2n) is 7.03. The quantitative estimate of drug-likeness (QED) is 0.482. The van der Waals surface area contributed by atoms with Crippen LogP contribution in [0.5, 0.6) is 0 Å². The number of hydrogen-bond acceptors (Lipinski definition) is 5. The average Bonchev–Trinajstić information content (AvgIpc) is 3.21. The molecule has 0 aliphatic carbocycles. The Morgan fingerprint density at radius 3 is 2.41 bits per heavy atom. The van der Waals surface area contributed by atoms with E-state index in [1.54, 1.807) is 4.40 Å². The SMILES string of the molecule is Cc1c(C)n2c3c(=O)n(CC(=O)OCc4ccccc4)c(=O)n(C)c3nc2n1C. The maximum Gasteiger partial charge on any atom is 0.333 e. The number of nitrogens with zero attached hydrogens (tertiary/aromatic N) is 5. The van der Waals surface area contributed by atoms with Crippen molar-refractivity contribution in [2.75, 3.05) is 0 Å². The fourth-order valence-corrected chi connectivity index (χ4v) is 3.46. The summed E-state index contributed by atoms with van der Waals surface area (Å²) in [6.07, 6.45) is 0. The van der Waals surface area contributed by atoms with Crippen LogP contribution in [0.3, 0.4) is 0 Å². The molecule has 0 radical (unpaired) electrons. The molecule has 0 saturated heterocycles. The number of fused-ring (bicyclic) bond motifs is 3. The number of aromatic nitrogens is 5. The van der Waals surface area contributed by atoms with E-state index in [4.69, 9.17) is 4.74 Å². The lowest BCUT2D eigenvalue weighted by Crippen LogP contribution is -2.41. The number of imidazole rings is 2. The van der Waals surface area contributed by atoms with Crippen LogP contribution in [0.2, 0.25) is 0 Å². The molecular formula is C20H21N5O4. The highest BCUT2D eigenvalue weighted by atomic mass is 16.5. The van der Waals surface area contributed by atoms with Gasteiger partial charge in [0, 0.05) is 25.5 Å². The van der Waals surface area contributed by atoms with Crippen molar-refractivity contribution in [2.45, 2.75) is 27.0 Å². The molecule has 4 aromatic rings. The number of carbonyl (C=O) groups excluding carboxylic acids is 1. The Bertz CT molecular complexity index is 1370. The van der Waals surface area contributed by atoms with Gasteiger partial charge in [0.05, 0.1) is 0 Å². The van der Waals surface area contributed by atoms with Gasteiger partial charge in [0.1, 0.15) is 13.2 Å². The highest BCUT2D eigenvalue weighted by Crippen LogP contribution is 2.19. The van der Waals surface area contributed by atoms with Crippen LogP contribution in [-0.2, 0) is 36.8 Å².